The second-order valence-corrected chi connectivity index (χ2v) is 4.35. The Morgan fingerprint density at radius 2 is 2.18 bits per heavy atom. The predicted octanol–water partition coefficient (Wildman–Crippen LogP) is 0.327. The molecule has 17 heavy (non-hydrogen) atoms. The number of nitriles is 1. The fourth-order valence-corrected chi connectivity index (χ4v) is 1.83. The average Bonchev–Trinajstić information content (AvgIpc) is 2.36. The minimum Gasteiger partial charge on any atom is -0.379 e. The van der Waals surface area contributed by atoms with Crippen molar-refractivity contribution in [3.8, 4) is 6.07 Å². The Labute approximate surface area is 103 Å². The molecular weight excluding hydrogens is 218 g/mol. The molecule has 1 saturated heterocycles. The van der Waals surface area contributed by atoms with Gasteiger partial charge in [-0.15, -0.1) is 0 Å². The number of amides is 1. The van der Waals surface area contributed by atoms with Crippen molar-refractivity contribution in [1.29, 1.82) is 5.26 Å². The van der Waals surface area contributed by atoms with Crippen LogP contribution in [-0.2, 0) is 9.53 Å². The molecule has 0 aliphatic carbocycles. The van der Waals surface area contributed by atoms with Crippen LogP contribution in [0.2, 0.25) is 0 Å². The lowest BCUT2D eigenvalue weighted by Crippen LogP contribution is -2.45. The first kappa shape index (κ1) is 13.9. The van der Waals surface area contributed by atoms with E-state index in [2.05, 4.69) is 11.0 Å². The van der Waals surface area contributed by atoms with E-state index in [9.17, 15) is 4.79 Å². The normalized spacial score (nSPS) is 18.4. The molecule has 1 atom stereocenters. The summed E-state index contributed by atoms with van der Waals surface area (Å²) in [6.07, 6.45) is 0. The van der Waals surface area contributed by atoms with E-state index in [0.717, 1.165) is 13.1 Å². The van der Waals surface area contributed by atoms with Crippen molar-refractivity contribution in [2.24, 2.45) is 5.92 Å². The third kappa shape index (κ3) is 4.72. The van der Waals surface area contributed by atoms with Crippen LogP contribution >= 0.6 is 0 Å². The summed E-state index contributed by atoms with van der Waals surface area (Å²) in [4.78, 5) is 15.9. The fraction of sp³-hybridized carbons (Fsp3) is 0.833. The smallest absolute Gasteiger partial charge is 0.236 e. The lowest BCUT2D eigenvalue weighted by Gasteiger charge is -2.29. The summed E-state index contributed by atoms with van der Waals surface area (Å²) in [5.74, 6) is 0.0000826. The molecule has 1 fully saturated rings. The van der Waals surface area contributed by atoms with Gasteiger partial charge in [0.05, 0.1) is 31.7 Å². The van der Waals surface area contributed by atoms with Gasteiger partial charge in [-0.2, -0.15) is 5.26 Å². The zero-order chi connectivity index (χ0) is 12.7. The Balaban J connectivity index is 2.40. The van der Waals surface area contributed by atoms with Gasteiger partial charge in [0.25, 0.3) is 0 Å². The van der Waals surface area contributed by atoms with Crippen LogP contribution in [0, 0.1) is 17.2 Å². The van der Waals surface area contributed by atoms with Gasteiger partial charge in [0.1, 0.15) is 0 Å². The molecule has 96 valence electrons. The lowest BCUT2D eigenvalue weighted by atomic mass is 10.2. The molecule has 0 radical (unpaired) electrons. The predicted molar refractivity (Wildman–Crippen MR) is 64.3 cm³/mol. The zero-order valence-corrected chi connectivity index (χ0v) is 10.7. The number of nitrogens with zero attached hydrogens (tertiary/aromatic N) is 3. The molecule has 5 heteroatoms. The Morgan fingerprint density at radius 3 is 2.71 bits per heavy atom. The van der Waals surface area contributed by atoms with Crippen LogP contribution in [0.15, 0.2) is 0 Å². The summed E-state index contributed by atoms with van der Waals surface area (Å²) in [6.45, 7) is 8.45. The van der Waals surface area contributed by atoms with Gasteiger partial charge >= 0.3 is 0 Å². The van der Waals surface area contributed by atoms with E-state index >= 15 is 0 Å². The summed E-state index contributed by atoms with van der Waals surface area (Å²) in [7, 11) is 0. The van der Waals surface area contributed by atoms with E-state index in [1.165, 1.54) is 0 Å². The van der Waals surface area contributed by atoms with Crippen LogP contribution in [0.4, 0.5) is 0 Å². The van der Waals surface area contributed by atoms with Gasteiger partial charge in [0.15, 0.2) is 0 Å². The van der Waals surface area contributed by atoms with Crippen LogP contribution in [0.3, 0.4) is 0 Å². The van der Waals surface area contributed by atoms with Crippen molar-refractivity contribution in [3.63, 3.8) is 0 Å². The van der Waals surface area contributed by atoms with Crippen molar-refractivity contribution < 1.29 is 9.53 Å². The van der Waals surface area contributed by atoms with Gasteiger partial charge in [0.2, 0.25) is 5.91 Å². The average molecular weight is 239 g/mol. The van der Waals surface area contributed by atoms with Crippen LogP contribution in [0.25, 0.3) is 0 Å². The standard InChI is InChI=1S/C12H21N3O2/c1-3-15(9-11(2)8-13)12(16)10-14-4-6-17-7-5-14/h11H,3-7,9-10H2,1-2H3. The van der Waals surface area contributed by atoms with Crippen LogP contribution in [0.5, 0.6) is 0 Å². The van der Waals surface area contributed by atoms with Crippen molar-refractivity contribution in [3.05, 3.63) is 0 Å². The van der Waals surface area contributed by atoms with Gasteiger partial charge in [-0.25, -0.2) is 0 Å². The number of ether oxygens (including phenoxy) is 1. The van der Waals surface area contributed by atoms with Gasteiger partial charge in [-0.3, -0.25) is 9.69 Å². The van der Waals surface area contributed by atoms with E-state index < -0.39 is 0 Å². The quantitative estimate of drug-likeness (QED) is 0.693. The minimum atomic E-state index is -0.108. The largest absolute Gasteiger partial charge is 0.379 e. The Bertz CT molecular complexity index is 282. The Hall–Kier alpha value is -1.12. The summed E-state index contributed by atoms with van der Waals surface area (Å²) in [5.41, 5.74) is 0. The number of rotatable bonds is 5. The highest BCUT2D eigenvalue weighted by molar-refractivity contribution is 5.78. The molecule has 1 heterocycles. The van der Waals surface area contributed by atoms with Crippen molar-refractivity contribution in [2.75, 3.05) is 45.9 Å². The highest BCUT2D eigenvalue weighted by Gasteiger charge is 2.19. The van der Waals surface area contributed by atoms with Gasteiger partial charge in [-0.1, -0.05) is 0 Å². The number of morpholine rings is 1. The third-order valence-electron chi connectivity index (χ3n) is 2.91. The van der Waals surface area contributed by atoms with E-state index in [4.69, 9.17) is 10.00 Å². The maximum Gasteiger partial charge on any atom is 0.236 e. The number of carbonyl (C=O) groups excluding carboxylic acids is 1. The maximum atomic E-state index is 12.0. The second kappa shape index (κ2) is 7.25. The number of hydrogen-bond acceptors (Lipinski definition) is 4. The molecule has 0 aromatic heterocycles. The molecular formula is C12H21N3O2. The van der Waals surface area contributed by atoms with Crippen molar-refractivity contribution >= 4 is 5.91 Å². The van der Waals surface area contributed by atoms with Crippen LogP contribution in [-0.4, -0.2) is 61.6 Å². The minimum absolute atomic E-state index is 0.108. The molecule has 0 bridgehead atoms. The first-order valence-corrected chi connectivity index (χ1v) is 6.14. The van der Waals surface area contributed by atoms with Crippen molar-refractivity contribution in [1.82, 2.24) is 9.80 Å². The lowest BCUT2D eigenvalue weighted by molar-refractivity contribution is -0.133. The Kier molecular flexibility index (Phi) is 5.95. The van der Waals surface area contributed by atoms with E-state index in [1.54, 1.807) is 4.90 Å². The van der Waals surface area contributed by atoms with Gasteiger partial charge in [0, 0.05) is 26.2 Å². The first-order chi connectivity index (χ1) is 8.17. The third-order valence-corrected chi connectivity index (χ3v) is 2.91. The summed E-state index contributed by atoms with van der Waals surface area (Å²) in [5, 5.41) is 8.77. The first-order valence-electron chi connectivity index (χ1n) is 6.14. The van der Waals surface area contributed by atoms with Gasteiger partial charge < -0.3 is 9.64 Å². The zero-order valence-electron chi connectivity index (χ0n) is 10.7. The van der Waals surface area contributed by atoms with Crippen LogP contribution < -0.4 is 0 Å². The molecule has 1 rings (SSSR count). The van der Waals surface area contributed by atoms with E-state index in [-0.39, 0.29) is 11.8 Å². The number of hydrogen-bond donors (Lipinski definition) is 0. The SMILES string of the molecule is CCN(CC(C)C#N)C(=O)CN1CCOCC1. The second-order valence-electron chi connectivity index (χ2n) is 4.35. The molecule has 1 unspecified atom stereocenters. The molecule has 5 nitrogen and oxygen atoms in total. The van der Waals surface area contributed by atoms with Crippen LogP contribution in [0.1, 0.15) is 13.8 Å². The molecule has 1 aliphatic rings. The van der Waals surface area contributed by atoms with Gasteiger partial charge in [-0.05, 0) is 13.8 Å². The van der Waals surface area contributed by atoms with E-state index in [1.807, 2.05) is 13.8 Å². The monoisotopic (exact) mass is 239 g/mol. The number of carbonyl (C=O) groups is 1. The molecule has 0 N–H and O–H groups in total. The molecule has 0 aromatic carbocycles. The number of likely N-dealkylation sites (N-methyl/N-ethyl adjacent to an activating group) is 1. The molecule has 0 spiro atoms. The molecule has 0 saturated carbocycles. The molecule has 1 amide bonds. The topological polar surface area (TPSA) is 56.6 Å². The highest BCUT2D eigenvalue weighted by Crippen LogP contribution is 2.02. The highest BCUT2D eigenvalue weighted by atomic mass is 16.5. The fourth-order valence-electron chi connectivity index (χ4n) is 1.83. The summed E-state index contributed by atoms with van der Waals surface area (Å²) < 4.78 is 5.24. The van der Waals surface area contributed by atoms with Crippen molar-refractivity contribution in [2.45, 2.75) is 13.8 Å². The molecule has 1 aliphatic heterocycles. The summed E-state index contributed by atoms with van der Waals surface area (Å²) >= 11 is 0. The molecule has 0 aromatic rings. The summed E-state index contributed by atoms with van der Waals surface area (Å²) in [6, 6.07) is 2.16. The van der Waals surface area contributed by atoms with E-state index in [0.29, 0.717) is 32.8 Å². The maximum absolute atomic E-state index is 12.0. The Morgan fingerprint density at radius 1 is 1.53 bits per heavy atom.